The van der Waals surface area contributed by atoms with E-state index in [2.05, 4.69) is 27.6 Å². The molecule has 246 valence electrons. The number of carbonyl (C=O) groups excluding carboxylic acids is 1. The van der Waals surface area contributed by atoms with Crippen LogP contribution in [0.15, 0.2) is 70.0 Å². The fraction of sp³-hybridized carbons (Fsp3) is 0.270. The van der Waals surface area contributed by atoms with Gasteiger partial charge in [0.05, 0.1) is 46.4 Å². The maximum atomic E-state index is 14.2. The number of fused-ring (bicyclic) bond motifs is 5. The summed E-state index contributed by atoms with van der Waals surface area (Å²) in [7, 11) is 1.70. The van der Waals surface area contributed by atoms with Crippen molar-refractivity contribution in [3.8, 4) is 27.6 Å². The minimum Gasteiger partial charge on any atom is -0.496 e. The van der Waals surface area contributed by atoms with Gasteiger partial charge < -0.3 is 19.4 Å². The van der Waals surface area contributed by atoms with Gasteiger partial charge in [0, 0.05) is 23.2 Å². The van der Waals surface area contributed by atoms with Gasteiger partial charge in [0.1, 0.15) is 17.4 Å². The van der Waals surface area contributed by atoms with Crippen molar-refractivity contribution in [2.75, 3.05) is 19.0 Å². The summed E-state index contributed by atoms with van der Waals surface area (Å²) in [5, 5.41) is 11.3. The monoisotopic (exact) mass is 674 g/mol. The van der Waals surface area contributed by atoms with Gasteiger partial charge in [-0.25, -0.2) is 19.3 Å². The highest BCUT2D eigenvalue weighted by atomic mass is 32.1. The van der Waals surface area contributed by atoms with E-state index in [1.54, 1.807) is 25.4 Å². The Hall–Kier alpha value is -5.36. The van der Waals surface area contributed by atoms with Crippen molar-refractivity contribution in [2.45, 2.75) is 50.6 Å². The molecule has 0 radical (unpaired) electrons. The number of benzene rings is 2. The van der Waals surface area contributed by atoms with Crippen LogP contribution < -0.4 is 15.8 Å². The lowest BCUT2D eigenvalue weighted by molar-refractivity contribution is 0.0776. The second kappa shape index (κ2) is 11.7. The number of thiophene rings is 1. The molecule has 1 aliphatic carbocycles. The Morgan fingerprint density at radius 3 is 2.78 bits per heavy atom. The fourth-order valence-corrected chi connectivity index (χ4v) is 8.94. The number of hydrogen-bond acceptors (Lipinski definition) is 9. The van der Waals surface area contributed by atoms with E-state index in [4.69, 9.17) is 19.1 Å². The van der Waals surface area contributed by atoms with E-state index in [1.165, 1.54) is 34.6 Å². The van der Waals surface area contributed by atoms with Crippen LogP contribution in [0, 0.1) is 5.82 Å². The van der Waals surface area contributed by atoms with Gasteiger partial charge in [-0.05, 0) is 90.9 Å². The molecule has 6 aromatic rings. The first-order chi connectivity index (χ1) is 24.0. The normalized spacial score (nSPS) is 17.8. The number of ether oxygens (including phenoxy) is 1. The van der Waals surface area contributed by atoms with Crippen molar-refractivity contribution in [3.63, 3.8) is 0 Å². The van der Waals surface area contributed by atoms with Crippen LogP contribution in [0.25, 0.3) is 32.0 Å². The Balaban J connectivity index is 1.20. The molecule has 2 aliphatic heterocycles. The number of amides is 1. The maximum Gasteiger partial charge on any atom is 0.434 e. The van der Waals surface area contributed by atoms with E-state index >= 15 is 0 Å². The van der Waals surface area contributed by atoms with Gasteiger partial charge in [-0.1, -0.05) is 24.3 Å². The molecule has 1 unspecified atom stereocenters. The van der Waals surface area contributed by atoms with Crippen LogP contribution in [0.4, 0.5) is 10.2 Å². The molecule has 0 saturated carbocycles. The van der Waals surface area contributed by atoms with E-state index in [9.17, 15) is 14.0 Å². The molecule has 2 N–H and O–H groups in total. The second-order valence-corrected chi connectivity index (χ2v) is 13.8. The lowest BCUT2D eigenvalue weighted by atomic mass is 9.93. The van der Waals surface area contributed by atoms with E-state index < -0.39 is 5.76 Å². The number of aromatic nitrogens is 4. The molecule has 0 bridgehead atoms. The molecule has 1 amide bonds. The molecule has 3 aliphatic rings. The van der Waals surface area contributed by atoms with E-state index in [-0.39, 0.29) is 29.7 Å². The van der Waals surface area contributed by atoms with Crippen LogP contribution in [0.2, 0.25) is 0 Å². The average molecular weight is 675 g/mol. The molecule has 1 saturated heterocycles. The summed E-state index contributed by atoms with van der Waals surface area (Å²) in [6, 6.07) is 16.5. The predicted octanol–water partition coefficient (Wildman–Crippen LogP) is 7.02. The van der Waals surface area contributed by atoms with E-state index in [1.807, 2.05) is 23.1 Å². The molecule has 4 aromatic heterocycles. The Morgan fingerprint density at radius 1 is 1.08 bits per heavy atom. The number of halogens is 1. The number of pyridine rings is 2. The van der Waals surface area contributed by atoms with Gasteiger partial charge in [0.25, 0.3) is 11.8 Å². The molecule has 9 rings (SSSR count). The standard InChI is InChI=1S/C37H31FN6O4S/c1-47-27-6-2-4-22-23(27)12-14-24(22)41-34-33-20(15-16-39-34)18-28(49-33)30-29(35-42-43-37(46)48-35)25(13-9-19-7-10-21(38)11-8-19)40-32-26-5-3-17-44(26)36(45)31(30)32/h2,4,6-8,10-11,15-16,18,24,26H,3,5,9,12-14,17H2,1H3,(H,39,41)(H,43,46)/t24-,26?/m1/s1. The summed E-state index contributed by atoms with van der Waals surface area (Å²) in [5.74, 6) is 0.667. The van der Waals surface area contributed by atoms with Gasteiger partial charge in [0.2, 0.25) is 0 Å². The summed E-state index contributed by atoms with van der Waals surface area (Å²) in [5.41, 5.74) is 6.48. The summed E-state index contributed by atoms with van der Waals surface area (Å²) in [4.78, 5) is 39.2. The zero-order chi connectivity index (χ0) is 33.2. The second-order valence-electron chi connectivity index (χ2n) is 12.7. The molecule has 10 nitrogen and oxygen atoms in total. The van der Waals surface area contributed by atoms with Gasteiger partial charge in [0.15, 0.2) is 0 Å². The van der Waals surface area contributed by atoms with Crippen molar-refractivity contribution in [3.05, 3.63) is 111 Å². The number of methoxy groups -OCH3 is 1. The highest BCUT2D eigenvalue weighted by Crippen LogP contribution is 2.50. The summed E-state index contributed by atoms with van der Waals surface area (Å²) >= 11 is 1.54. The number of aromatic amines is 1. The molecule has 1 fully saturated rings. The van der Waals surface area contributed by atoms with Crippen LogP contribution >= 0.6 is 11.3 Å². The van der Waals surface area contributed by atoms with Gasteiger partial charge in [-0.2, -0.15) is 0 Å². The third-order valence-corrected chi connectivity index (χ3v) is 11.2. The first kappa shape index (κ1) is 29.8. The molecule has 2 atom stereocenters. The Kier molecular flexibility index (Phi) is 7.08. The molecular weight excluding hydrogens is 644 g/mol. The highest BCUT2D eigenvalue weighted by Gasteiger charge is 2.45. The zero-order valence-electron chi connectivity index (χ0n) is 26.6. The minimum atomic E-state index is -0.696. The van der Waals surface area contributed by atoms with Crippen LogP contribution in [-0.2, 0) is 19.3 Å². The fourth-order valence-electron chi connectivity index (χ4n) is 7.78. The molecule has 2 aromatic carbocycles. The van der Waals surface area contributed by atoms with Crippen LogP contribution in [0.3, 0.4) is 0 Å². The number of aryl methyl sites for hydroxylation is 2. The van der Waals surface area contributed by atoms with Crippen LogP contribution in [0.1, 0.15) is 69.8 Å². The van der Waals surface area contributed by atoms with Crippen molar-refractivity contribution in [1.82, 2.24) is 25.1 Å². The van der Waals surface area contributed by atoms with Crippen molar-refractivity contribution < 1.29 is 18.3 Å². The third-order valence-electron chi connectivity index (χ3n) is 10.00. The Bertz CT molecular complexity index is 2330. The number of hydrogen-bond donors (Lipinski definition) is 2. The Labute approximate surface area is 284 Å². The molecular formula is C37H31FN6O4S. The summed E-state index contributed by atoms with van der Waals surface area (Å²) in [6.45, 7) is 0.662. The smallest absolute Gasteiger partial charge is 0.434 e. The first-order valence-corrected chi connectivity index (χ1v) is 17.3. The molecule has 6 heterocycles. The molecule has 0 spiro atoms. The third kappa shape index (κ3) is 4.92. The SMILES string of the molecule is COc1cccc2c1CC[C@H]2Nc1nccc2cc(-c3c4c(nc(CCc5ccc(F)cc5)c3-c3n[nH]c(=O)o3)C3CCCN3C4=O)sc12. The van der Waals surface area contributed by atoms with Gasteiger partial charge in [-0.3, -0.25) is 9.78 Å². The lowest BCUT2D eigenvalue weighted by Crippen LogP contribution is -2.22. The first-order valence-electron chi connectivity index (χ1n) is 16.5. The number of H-pyrrole nitrogens is 1. The van der Waals surface area contributed by atoms with Crippen molar-refractivity contribution in [1.29, 1.82) is 0 Å². The highest BCUT2D eigenvalue weighted by molar-refractivity contribution is 7.23. The van der Waals surface area contributed by atoms with Crippen molar-refractivity contribution in [2.24, 2.45) is 0 Å². The van der Waals surface area contributed by atoms with E-state index in [0.29, 0.717) is 41.8 Å². The number of rotatable bonds is 8. The minimum absolute atomic E-state index is 0.0691. The largest absolute Gasteiger partial charge is 0.496 e. The average Bonchev–Trinajstić information content (AvgIpc) is 3.95. The number of nitrogens with one attached hydrogen (secondary N) is 2. The number of nitrogens with zero attached hydrogens (tertiary/aromatic N) is 4. The van der Waals surface area contributed by atoms with Crippen molar-refractivity contribution >= 4 is 33.1 Å². The number of carbonyl (C=O) groups is 1. The summed E-state index contributed by atoms with van der Waals surface area (Å²) in [6.07, 6.45) is 6.38. The van der Waals surface area contributed by atoms with Gasteiger partial charge >= 0.3 is 5.76 Å². The molecule has 12 heteroatoms. The molecule has 49 heavy (non-hydrogen) atoms. The number of anilines is 1. The topological polar surface area (TPSA) is 126 Å². The predicted molar refractivity (Wildman–Crippen MR) is 183 cm³/mol. The summed E-state index contributed by atoms with van der Waals surface area (Å²) < 4.78 is 25.9. The van der Waals surface area contributed by atoms with Crippen LogP contribution in [0.5, 0.6) is 5.75 Å². The van der Waals surface area contributed by atoms with E-state index in [0.717, 1.165) is 63.5 Å². The quantitative estimate of drug-likeness (QED) is 0.176. The Morgan fingerprint density at radius 2 is 1.96 bits per heavy atom. The zero-order valence-corrected chi connectivity index (χ0v) is 27.4. The van der Waals surface area contributed by atoms with Gasteiger partial charge in [-0.15, -0.1) is 16.4 Å². The lowest BCUT2D eigenvalue weighted by Gasteiger charge is -2.16. The van der Waals surface area contributed by atoms with Crippen LogP contribution in [-0.4, -0.2) is 44.6 Å². The maximum absolute atomic E-state index is 14.2.